The molecule has 2 rings (SSSR count). The minimum absolute atomic E-state index is 0.0517. The van der Waals surface area contributed by atoms with Crippen molar-refractivity contribution in [3.8, 4) is 0 Å². The Hall–Kier alpha value is -0.136. The second-order valence-corrected chi connectivity index (χ2v) is 15.5. The zero-order valence-electron chi connectivity index (χ0n) is 17.9. The van der Waals surface area contributed by atoms with Crippen LogP contribution in [0, 0.1) is 5.92 Å². The van der Waals surface area contributed by atoms with Gasteiger partial charge in [0.15, 0.2) is 0 Å². The third-order valence-corrected chi connectivity index (χ3v) is 13.9. The largest absolute Gasteiger partial charge is 0.518 e. The summed E-state index contributed by atoms with van der Waals surface area (Å²) in [5.41, 5.74) is 1.77. The van der Waals surface area contributed by atoms with Crippen LogP contribution in [0.2, 0.25) is 22.7 Å². The van der Waals surface area contributed by atoms with Crippen LogP contribution in [0.5, 0.6) is 0 Å². The molecule has 0 aromatic heterocycles. The topological polar surface area (TPSA) is 35.5 Å². The molecule has 0 bridgehead atoms. The first-order valence-electron chi connectivity index (χ1n) is 10.8. The zero-order valence-corrected chi connectivity index (χ0v) is 19.9. The SMILES string of the molecule is CC(C[Si]OC(C)(C)C)C(=O)O[Si](C(C)C)(C1CCCC1)C1CCCC1. The number of hydrogen-bond donors (Lipinski definition) is 0. The zero-order chi connectivity index (χ0) is 19.4. The molecular weight excluding hydrogens is 356 g/mol. The van der Waals surface area contributed by atoms with Crippen molar-refractivity contribution in [2.24, 2.45) is 5.92 Å². The maximum atomic E-state index is 13.1. The van der Waals surface area contributed by atoms with Crippen LogP contribution in [0.3, 0.4) is 0 Å². The molecule has 0 aromatic rings. The van der Waals surface area contributed by atoms with Crippen molar-refractivity contribution in [1.82, 2.24) is 0 Å². The second kappa shape index (κ2) is 9.37. The van der Waals surface area contributed by atoms with E-state index in [9.17, 15) is 4.79 Å². The molecule has 3 nitrogen and oxygen atoms in total. The highest BCUT2D eigenvalue weighted by atomic mass is 28.4. The van der Waals surface area contributed by atoms with Crippen molar-refractivity contribution in [2.75, 3.05) is 0 Å². The van der Waals surface area contributed by atoms with E-state index in [0.29, 0.717) is 26.4 Å². The van der Waals surface area contributed by atoms with Crippen molar-refractivity contribution in [2.45, 2.75) is 121 Å². The summed E-state index contributed by atoms with van der Waals surface area (Å²) >= 11 is 0. The van der Waals surface area contributed by atoms with Gasteiger partial charge in [0.25, 0.3) is 14.3 Å². The first-order valence-corrected chi connectivity index (χ1v) is 14.1. The van der Waals surface area contributed by atoms with Gasteiger partial charge in [0, 0.05) is 5.60 Å². The minimum Gasteiger partial charge on any atom is -0.518 e. The molecule has 0 spiro atoms. The van der Waals surface area contributed by atoms with Crippen LogP contribution in [0.25, 0.3) is 0 Å². The Morgan fingerprint density at radius 2 is 1.46 bits per heavy atom. The normalized spacial score (nSPS) is 21.5. The molecule has 2 fully saturated rings. The molecule has 0 amide bonds. The number of carbonyl (C=O) groups excluding carboxylic acids is 1. The van der Waals surface area contributed by atoms with Gasteiger partial charge in [-0.25, -0.2) is 0 Å². The average Bonchev–Trinajstić information content (AvgIpc) is 3.24. The Labute approximate surface area is 165 Å². The molecule has 1 unspecified atom stereocenters. The first-order chi connectivity index (χ1) is 12.2. The summed E-state index contributed by atoms with van der Waals surface area (Å²) < 4.78 is 12.5. The summed E-state index contributed by atoms with van der Waals surface area (Å²) in [6, 6.07) is 0.786. The second-order valence-electron chi connectivity index (χ2n) is 9.86. The van der Waals surface area contributed by atoms with Gasteiger partial charge in [-0.05, 0) is 69.1 Å². The lowest BCUT2D eigenvalue weighted by Gasteiger charge is -2.44. The van der Waals surface area contributed by atoms with E-state index in [-0.39, 0.29) is 17.5 Å². The van der Waals surface area contributed by atoms with E-state index < -0.39 is 8.32 Å². The van der Waals surface area contributed by atoms with Crippen molar-refractivity contribution in [1.29, 1.82) is 0 Å². The van der Waals surface area contributed by atoms with E-state index in [2.05, 4.69) is 34.6 Å². The van der Waals surface area contributed by atoms with Gasteiger partial charge in [-0.15, -0.1) is 0 Å². The summed E-state index contributed by atoms with van der Waals surface area (Å²) in [7, 11) is -1.73. The standard InChI is InChI=1S/C21H40O3Si2/c1-16(2)26(18-11-7-8-12-18,19-13-9-10-14-19)23-20(22)17(3)15-25-24-21(4,5)6/h16-19H,7-15H2,1-6H3. The molecule has 2 radical (unpaired) electrons. The monoisotopic (exact) mass is 396 g/mol. The van der Waals surface area contributed by atoms with Gasteiger partial charge in [0.2, 0.25) is 9.76 Å². The van der Waals surface area contributed by atoms with Crippen LogP contribution < -0.4 is 0 Å². The van der Waals surface area contributed by atoms with Crippen molar-refractivity contribution < 1.29 is 13.6 Å². The summed E-state index contributed by atoms with van der Waals surface area (Å²) in [4.78, 5) is 13.1. The Morgan fingerprint density at radius 1 is 1.00 bits per heavy atom. The molecule has 2 saturated carbocycles. The molecule has 2 aliphatic rings. The highest BCUT2D eigenvalue weighted by Gasteiger charge is 2.55. The van der Waals surface area contributed by atoms with Crippen LogP contribution >= 0.6 is 0 Å². The first kappa shape index (κ1) is 22.2. The van der Waals surface area contributed by atoms with Crippen LogP contribution in [-0.4, -0.2) is 29.7 Å². The predicted molar refractivity (Wildman–Crippen MR) is 112 cm³/mol. The van der Waals surface area contributed by atoms with Gasteiger partial charge < -0.3 is 8.85 Å². The molecule has 0 N–H and O–H groups in total. The highest BCUT2D eigenvalue weighted by Crippen LogP contribution is 2.55. The number of carbonyl (C=O) groups is 1. The fourth-order valence-electron chi connectivity index (χ4n) is 5.06. The summed E-state index contributed by atoms with van der Waals surface area (Å²) in [5.74, 6) is 0.0123. The van der Waals surface area contributed by atoms with Gasteiger partial charge in [-0.1, -0.05) is 46.5 Å². The van der Waals surface area contributed by atoms with Gasteiger partial charge in [-0.2, -0.15) is 0 Å². The fraction of sp³-hybridized carbons (Fsp3) is 0.952. The highest BCUT2D eigenvalue weighted by molar-refractivity contribution is 6.79. The number of rotatable bonds is 8. The average molecular weight is 397 g/mol. The van der Waals surface area contributed by atoms with Crippen molar-refractivity contribution >= 4 is 24.0 Å². The molecule has 0 heterocycles. The third-order valence-electron chi connectivity index (χ3n) is 6.34. The smallest absolute Gasteiger partial charge is 0.295 e. The fourth-order valence-corrected chi connectivity index (χ4v) is 12.3. The molecule has 5 heteroatoms. The van der Waals surface area contributed by atoms with Crippen LogP contribution in [0.15, 0.2) is 0 Å². The number of hydrogen-bond acceptors (Lipinski definition) is 3. The lowest BCUT2D eigenvalue weighted by molar-refractivity contribution is -0.139. The molecule has 0 aromatic carbocycles. The van der Waals surface area contributed by atoms with Crippen molar-refractivity contribution in [3.05, 3.63) is 0 Å². The lowest BCUT2D eigenvalue weighted by Crippen LogP contribution is -2.51. The Bertz CT molecular complexity index is 431. The van der Waals surface area contributed by atoms with Gasteiger partial charge in [0.05, 0.1) is 5.92 Å². The summed E-state index contributed by atoms with van der Waals surface area (Å²) in [6.45, 7) is 12.9. The van der Waals surface area contributed by atoms with E-state index in [1.807, 2.05) is 6.92 Å². The van der Waals surface area contributed by atoms with E-state index in [1.54, 1.807) is 0 Å². The van der Waals surface area contributed by atoms with Crippen molar-refractivity contribution in [3.63, 3.8) is 0 Å². The van der Waals surface area contributed by atoms with Gasteiger partial charge in [-0.3, -0.25) is 4.79 Å². The minimum atomic E-state index is -2.10. The van der Waals surface area contributed by atoms with E-state index in [4.69, 9.17) is 8.85 Å². The quantitative estimate of drug-likeness (QED) is 0.454. The van der Waals surface area contributed by atoms with E-state index in [0.717, 1.165) is 6.04 Å². The molecule has 150 valence electrons. The molecular formula is C21H40O3Si2. The molecule has 26 heavy (non-hydrogen) atoms. The predicted octanol–water partition coefficient (Wildman–Crippen LogP) is 6.26. The summed E-state index contributed by atoms with van der Waals surface area (Å²) in [5, 5.41) is 0. The molecule has 0 saturated heterocycles. The van der Waals surface area contributed by atoms with E-state index in [1.165, 1.54) is 51.4 Å². The van der Waals surface area contributed by atoms with Crippen LogP contribution in [-0.2, 0) is 13.6 Å². The molecule has 1 atom stereocenters. The van der Waals surface area contributed by atoms with Gasteiger partial charge in [0.1, 0.15) is 0 Å². The lowest BCUT2D eigenvalue weighted by atomic mass is 10.2. The molecule has 0 aliphatic heterocycles. The molecule has 2 aliphatic carbocycles. The summed E-state index contributed by atoms with van der Waals surface area (Å²) in [6.07, 6.45) is 10.5. The maximum Gasteiger partial charge on any atom is 0.295 e. The van der Waals surface area contributed by atoms with Crippen LogP contribution in [0.4, 0.5) is 0 Å². The van der Waals surface area contributed by atoms with E-state index >= 15 is 0 Å². The Kier molecular flexibility index (Phi) is 7.99. The third kappa shape index (κ3) is 5.45. The maximum absolute atomic E-state index is 13.1. The Morgan fingerprint density at radius 3 is 1.85 bits per heavy atom. The van der Waals surface area contributed by atoms with Crippen LogP contribution in [0.1, 0.15) is 92.9 Å². The Balaban J connectivity index is 2.08. The van der Waals surface area contributed by atoms with Gasteiger partial charge >= 0.3 is 0 Å².